The lowest BCUT2D eigenvalue weighted by atomic mass is 9.97. The van der Waals surface area contributed by atoms with Gasteiger partial charge in [-0.3, -0.25) is 0 Å². The molecule has 2 aromatic rings. The van der Waals surface area contributed by atoms with Crippen molar-refractivity contribution in [1.29, 1.82) is 0 Å². The van der Waals surface area contributed by atoms with Crippen LogP contribution in [0.4, 0.5) is 0 Å². The molecule has 1 aliphatic rings. The maximum absolute atomic E-state index is 9.06. The van der Waals surface area contributed by atoms with E-state index in [1.54, 1.807) is 0 Å². The molecule has 0 spiro atoms. The summed E-state index contributed by atoms with van der Waals surface area (Å²) in [6.07, 6.45) is 4.25. The number of nitrogens with zero attached hydrogens (tertiary/aromatic N) is 1. The summed E-state index contributed by atoms with van der Waals surface area (Å²) < 4.78 is 0. The summed E-state index contributed by atoms with van der Waals surface area (Å²) in [7, 11) is 0. The molecule has 3 nitrogen and oxygen atoms in total. The Labute approximate surface area is 130 Å². The molecule has 1 aromatic carbocycles. The van der Waals surface area contributed by atoms with Crippen molar-refractivity contribution in [2.24, 2.45) is 0 Å². The molecule has 21 heavy (non-hydrogen) atoms. The van der Waals surface area contributed by atoms with E-state index in [4.69, 9.17) is 10.1 Å². The second-order valence-electron chi connectivity index (χ2n) is 5.72. The predicted octanol–water partition coefficient (Wildman–Crippen LogP) is 3.55. The first kappa shape index (κ1) is 14.7. The highest BCUT2D eigenvalue weighted by atomic mass is 32.1. The van der Waals surface area contributed by atoms with Gasteiger partial charge < -0.3 is 10.4 Å². The van der Waals surface area contributed by atoms with Gasteiger partial charge in [-0.2, -0.15) is 0 Å². The van der Waals surface area contributed by atoms with Crippen LogP contribution in [-0.2, 0) is 6.42 Å². The molecule has 0 fully saturated rings. The molecule has 112 valence electrons. The zero-order valence-electron chi connectivity index (χ0n) is 12.4. The van der Waals surface area contributed by atoms with E-state index in [1.807, 2.05) is 17.4 Å². The molecular formula is C17H22N2OS. The molecular weight excluding hydrogens is 280 g/mol. The normalized spacial score (nSPS) is 19.2. The van der Waals surface area contributed by atoms with Crippen LogP contribution in [0.5, 0.6) is 0 Å². The monoisotopic (exact) mass is 302 g/mol. The van der Waals surface area contributed by atoms with Crippen molar-refractivity contribution in [3.05, 3.63) is 40.9 Å². The molecule has 0 radical (unpaired) electrons. The lowest BCUT2D eigenvalue weighted by molar-refractivity contribution is 0.260. The van der Waals surface area contributed by atoms with Crippen LogP contribution < -0.4 is 5.32 Å². The van der Waals surface area contributed by atoms with Gasteiger partial charge in [-0.1, -0.05) is 30.3 Å². The molecule has 4 heteroatoms. The van der Waals surface area contributed by atoms with Crippen molar-refractivity contribution in [2.75, 3.05) is 6.61 Å². The molecule has 0 saturated heterocycles. The van der Waals surface area contributed by atoms with Crippen molar-refractivity contribution in [3.8, 4) is 10.6 Å². The fourth-order valence-electron chi connectivity index (χ4n) is 2.90. The first-order chi connectivity index (χ1) is 10.3. The van der Waals surface area contributed by atoms with Gasteiger partial charge in [0.2, 0.25) is 0 Å². The predicted molar refractivity (Wildman–Crippen MR) is 87.5 cm³/mol. The number of aromatic nitrogens is 1. The third-order valence-corrected chi connectivity index (χ3v) is 5.28. The highest BCUT2D eigenvalue weighted by molar-refractivity contribution is 7.15. The van der Waals surface area contributed by atoms with Gasteiger partial charge in [0, 0.05) is 29.1 Å². The Kier molecular flexibility index (Phi) is 4.68. The minimum Gasteiger partial charge on any atom is -0.396 e. The minimum atomic E-state index is 0.242. The average molecular weight is 302 g/mol. The van der Waals surface area contributed by atoms with E-state index in [0.29, 0.717) is 12.1 Å². The van der Waals surface area contributed by atoms with Gasteiger partial charge in [-0.05, 0) is 32.6 Å². The Morgan fingerprint density at radius 3 is 2.95 bits per heavy atom. The molecule has 2 atom stereocenters. The number of hydrogen-bond acceptors (Lipinski definition) is 4. The number of benzene rings is 1. The van der Waals surface area contributed by atoms with Crippen LogP contribution in [0.2, 0.25) is 0 Å². The fourth-order valence-corrected chi connectivity index (χ4v) is 4.12. The molecule has 1 aromatic heterocycles. The summed E-state index contributed by atoms with van der Waals surface area (Å²) in [4.78, 5) is 6.25. The maximum atomic E-state index is 9.06. The third kappa shape index (κ3) is 3.34. The van der Waals surface area contributed by atoms with Crippen LogP contribution in [0, 0.1) is 0 Å². The SMILES string of the molecule is C[C@H](CCO)NC1CCCc2nc(-c3ccccc3)sc21. The Balaban J connectivity index is 1.83. The lowest BCUT2D eigenvalue weighted by Crippen LogP contribution is -2.32. The third-order valence-electron chi connectivity index (χ3n) is 4.02. The van der Waals surface area contributed by atoms with Crippen LogP contribution >= 0.6 is 11.3 Å². The smallest absolute Gasteiger partial charge is 0.123 e. The highest BCUT2D eigenvalue weighted by Crippen LogP contribution is 2.38. The van der Waals surface area contributed by atoms with E-state index in [1.165, 1.54) is 29.0 Å². The van der Waals surface area contributed by atoms with Crippen LogP contribution in [0.15, 0.2) is 30.3 Å². The van der Waals surface area contributed by atoms with E-state index in [-0.39, 0.29) is 6.61 Å². The van der Waals surface area contributed by atoms with Gasteiger partial charge in [0.1, 0.15) is 5.01 Å². The number of nitrogens with one attached hydrogen (secondary N) is 1. The minimum absolute atomic E-state index is 0.242. The summed E-state index contributed by atoms with van der Waals surface area (Å²) in [5.74, 6) is 0. The largest absolute Gasteiger partial charge is 0.396 e. The standard InChI is InChI=1S/C17H22N2OS/c1-12(10-11-20)18-14-8-5-9-15-16(14)21-17(19-15)13-6-3-2-4-7-13/h2-4,6-7,12,14,18,20H,5,8-11H2,1H3/t12-,14?/m1/s1. The van der Waals surface area contributed by atoms with Gasteiger partial charge in [0.15, 0.2) is 0 Å². The molecule has 0 aliphatic heterocycles. The van der Waals surface area contributed by atoms with Crippen molar-refractivity contribution < 1.29 is 5.11 Å². The molecule has 3 rings (SSSR count). The van der Waals surface area contributed by atoms with Gasteiger partial charge in [-0.15, -0.1) is 11.3 Å². The molecule has 1 unspecified atom stereocenters. The van der Waals surface area contributed by atoms with Crippen molar-refractivity contribution in [1.82, 2.24) is 10.3 Å². The number of aliphatic hydroxyl groups is 1. The van der Waals surface area contributed by atoms with E-state index in [9.17, 15) is 0 Å². The zero-order valence-corrected chi connectivity index (χ0v) is 13.2. The zero-order chi connectivity index (χ0) is 14.7. The number of thiazole rings is 1. The summed E-state index contributed by atoms with van der Waals surface area (Å²) in [6, 6.07) is 11.2. The second-order valence-corrected chi connectivity index (χ2v) is 6.75. The van der Waals surface area contributed by atoms with Gasteiger partial charge in [0.05, 0.1) is 5.69 Å². The highest BCUT2D eigenvalue weighted by Gasteiger charge is 2.25. The number of hydrogen-bond donors (Lipinski definition) is 2. The van der Waals surface area contributed by atoms with Crippen molar-refractivity contribution in [2.45, 2.75) is 44.7 Å². The van der Waals surface area contributed by atoms with Gasteiger partial charge in [0.25, 0.3) is 0 Å². The molecule has 0 bridgehead atoms. The first-order valence-electron chi connectivity index (χ1n) is 7.70. The summed E-state index contributed by atoms with van der Waals surface area (Å²) >= 11 is 1.82. The summed E-state index contributed by atoms with van der Waals surface area (Å²) in [6.45, 7) is 2.38. The van der Waals surface area contributed by atoms with Crippen molar-refractivity contribution in [3.63, 3.8) is 0 Å². The van der Waals surface area contributed by atoms with Gasteiger partial charge in [-0.25, -0.2) is 4.98 Å². The Bertz CT molecular complexity index is 582. The van der Waals surface area contributed by atoms with Crippen LogP contribution in [0.1, 0.15) is 42.8 Å². The Morgan fingerprint density at radius 2 is 2.19 bits per heavy atom. The first-order valence-corrected chi connectivity index (χ1v) is 8.51. The number of rotatable bonds is 5. The molecule has 1 aliphatic carbocycles. The molecule has 0 amide bonds. The van der Waals surface area contributed by atoms with E-state index < -0.39 is 0 Å². The quantitative estimate of drug-likeness (QED) is 0.888. The van der Waals surface area contributed by atoms with Crippen LogP contribution in [0.25, 0.3) is 10.6 Å². The van der Waals surface area contributed by atoms with Gasteiger partial charge >= 0.3 is 0 Å². The van der Waals surface area contributed by atoms with Crippen LogP contribution in [-0.4, -0.2) is 22.7 Å². The number of fused-ring (bicyclic) bond motifs is 1. The molecule has 0 saturated carbocycles. The van der Waals surface area contributed by atoms with E-state index >= 15 is 0 Å². The molecule has 1 heterocycles. The Morgan fingerprint density at radius 1 is 1.38 bits per heavy atom. The summed E-state index contributed by atoms with van der Waals surface area (Å²) in [5.41, 5.74) is 2.47. The van der Waals surface area contributed by atoms with Crippen LogP contribution in [0.3, 0.4) is 0 Å². The number of aryl methyl sites for hydroxylation is 1. The second kappa shape index (κ2) is 6.69. The Hall–Kier alpha value is -1.23. The topological polar surface area (TPSA) is 45.1 Å². The van der Waals surface area contributed by atoms with Crippen molar-refractivity contribution >= 4 is 11.3 Å². The fraction of sp³-hybridized carbons (Fsp3) is 0.471. The van der Waals surface area contributed by atoms with E-state index in [2.05, 4.69) is 36.5 Å². The number of aliphatic hydroxyl groups excluding tert-OH is 1. The lowest BCUT2D eigenvalue weighted by Gasteiger charge is -2.25. The van der Waals surface area contributed by atoms with E-state index in [0.717, 1.165) is 17.8 Å². The summed E-state index contributed by atoms with van der Waals surface area (Å²) in [5, 5.41) is 13.8. The molecule has 2 N–H and O–H groups in total. The maximum Gasteiger partial charge on any atom is 0.123 e. The average Bonchev–Trinajstić information content (AvgIpc) is 2.94.